The fraction of sp³-hybridized carbons (Fsp3) is 0.857. The summed E-state index contributed by atoms with van der Waals surface area (Å²) in [6, 6.07) is 0. The number of hydrogen-bond acceptors (Lipinski definition) is 3. The number of carbonyl (C=O) groups excluding carboxylic acids is 1. The van der Waals surface area contributed by atoms with Gasteiger partial charge >= 0.3 is 5.97 Å². The van der Waals surface area contributed by atoms with Crippen molar-refractivity contribution in [3.05, 3.63) is 0 Å². The van der Waals surface area contributed by atoms with E-state index >= 15 is 0 Å². The Morgan fingerprint density at radius 3 is 2.70 bits per heavy atom. The van der Waals surface area contributed by atoms with E-state index in [1.165, 1.54) is 0 Å². The van der Waals surface area contributed by atoms with Crippen molar-refractivity contribution in [1.29, 1.82) is 0 Å². The molecule has 1 saturated heterocycles. The Kier molecular flexibility index (Phi) is 1.94. The van der Waals surface area contributed by atoms with Gasteiger partial charge in [-0.3, -0.25) is 4.79 Å². The fourth-order valence-corrected chi connectivity index (χ4v) is 1.03. The second-order valence-corrected chi connectivity index (χ2v) is 2.83. The van der Waals surface area contributed by atoms with Crippen LogP contribution in [0.25, 0.3) is 0 Å². The SMILES string of the molecule is C[C@@H]1[C@H](O)CC(=O)O[C@H]1C. The lowest BCUT2D eigenvalue weighted by Crippen LogP contribution is -2.38. The highest BCUT2D eigenvalue weighted by Crippen LogP contribution is 2.20. The van der Waals surface area contributed by atoms with E-state index in [0.29, 0.717) is 0 Å². The van der Waals surface area contributed by atoms with Gasteiger partial charge in [0.25, 0.3) is 0 Å². The molecular formula is C7H12O3. The molecule has 1 fully saturated rings. The molecule has 0 unspecified atom stereocenters. The van der Waals surface area contributed by atoms with Gasteiger partial charge in [0, 0.05) is 5.92 Å². The normalized spacial score (nSPS) is 41.1. The van der Waals surface area contributed by atoms with Crippen LogP contribution in [-0.2, 0) is 9.53 Å². The molecule has 0 aromatic carbocycles. The number of esters is 1. The Balaban J connectivity index is 2.57. The van der Waals surface area contributed by atoms with Gasteiger partial charge in [-0.15, -0.1) is 0 Å². The zero-order valence-electron chi connectivity index (χ0n) is 6.20. The smallest absolute Gasteiger partial charge is 0.308 e. The molecule has 1 N–H and O–H groups in total. The third kappa shape index (κ3) is 1.29. The summed E-state index contributed by atoms with van der Waals surface area (Å²) in [5.74, 6) is -0.226. The number of cyclic esters (lactones) is 1. The van der Waals surface area contributed by atoms with Crippen molar-refractivity contribution in [3.63, 3.8) is 0 Å². The molecular weight excluding hydrogens is 132 g/mol. The molecule has 3 atom stereocenters. The lowest BCUT2D eigenvalue weighted by atomic mass is 9.94. The van der Waals surface area contributed by atoms with Crippen LogP contribution in [0.5, 0.6) is 0 Å². The average molecular weight is 144 g/mol. The van der Waals surface area contributed by atoms with E-state index in [1.54, 1.807) is 6.92 Å². The Bertz CT molecular complexity index is 130. The second-order valence-electron chi connectivity index (χ2n) is 2.83. The summed E-state index contributed by atoms with van der Waals surface area (Å²) in [6.07, 6.45) is -0.515. The highest BCUT2D eigenvalue weighted by atomic mass is 16.5. The molecule has 0 bridgehead atoms. The van der Waals surface area contributed by atoms with Gasteiger partial charge in [0.15, 0.2) is 0 Å². The quantitative estimate of drug-likeness (QED) is 0.498. The molecule has 0 spiro atoms. The number of rotatable bonds is 0. The molecule has 58 valence electrons. The molecule has 0 aliphatic carbocycles. The van der Waals surface area contributed by atoms with Crippen LogP contribution in [0.1, 0.15) is 20.3 Å². The van der Waals surface area contributed by atoms with Crippen molar-refractivity contribution < 1.29 is 14.6 Å². The first-order valence-electron chi connectivity index (χ1n) is 3.49. The van der Waals surface area contributed by atoms with Crippen LogP contribution >= 0.6 is 0 Å². The molecule has 0 aromatic heterocycles. The first-order chi connectivity index (χ1) is 4.61. The maximum atomic E-state index is 10.6. The summed E-state index contributed by atoms with van der Waals surface area (Å²) >= 11 is 0. The summed E-state index contributed by atoms with van der Waals surface area (Å²) in [7, 11) is 0. The summed E-state index contributed by atoms with van der Waals surface area (Å²) in [4.78, 5) is 10.6. The van der Waals surface area contributed by atoms with E-state index < -0.39 is 6.10 Å². The average Bonchev–Trinajstić information content (AvgIpc) is 1.82. The van der Waals surface area contributed by atoms with Crippen molar-refractivity contribution in [2.75, 3.05) is 0 Å². The highest BCUT2D eigenvalue weighted by molar-refractivity contribution is 5.71. The minimum atomic E-state index is -0.517. The van der Waals surface area contributed by atoms with Crippen molar-refractivity contribution in [1.82, 2.24) is 0 Å². The molecule has 0 radical (unpaired) electrons. The van der Waals surface area contributed by atoms with E-state index in [9.17, 15) is 9.90 Å². The van der Waals surface area contributed by atoms with Crippen LogP contribution in [0.3, 0.4) is 0 Å². The number of ether oxygens (including phenoxy) is 1. The third-order valence-electron chi connectivity index (χ3n) is 2.04. The van der Waals surface area contributed by atoms with Gasteiger partial charge in [0.1, 0.15) is 6.10 Å². The maximum absolute atomic E-state index is 10.6. The van der Waals surface area contributed by atoms with E-state index in [2.05, 4.69) is 0 Å². The van der Waals surface area contributed by atoms with Crippen LogP contribution in [0, 0.1) is 5.92 Å². The van der Waals surface area contributed by atoms with Gasteiger partial charge in [-0.05, 0) is 6.92 Å². The van der Waals surface area contributed by atoms with Crippen LogP contribution < -0.4 is 0 Å². The molecule has 1 aliphatic heterocycles. The Morgan fingerprint density at radius 1 is 1.60 bits per heavy atom. The summed E-state index contributed by atoms with van der Waals surface area (Å²) < 4.78 is 4.87. The molecule has 0 amide bonds. The minimum absolute atomic E-state index is 0.0673. The molecule has 1 heterocycles. The number of aliphatic hydroxyl groups is 1. The van der Waals surface area contributed by atoms with Gasteiger partial charge in [-0.2, -0.15) is 0 Å². The molecule has 0 aromatic rings. The predicted octanol–water partition coefficient (Wildman–Crippen LogP) is 0.319. The van der Waals surface area contributed by atoms with E-state index in [1.807, 2.05) is 6.92 Å². The van der Waals surface area contributed by atoms with E-state index in [4.69, 9.17) is 4.74 Å². The summed E-state index contributed by atoms with van der Waals surface area (Å²) in [6.45, 7) is 3.67. The van der Waals surface area contributed by atoms with E-state index in [-0.39, 0.29) is 24.4 Å². The molecule has 0 saturated carbocycles. The van der Waals surface area contributed by atoms with Crippen molar-refractivity contribution in [3.8, 4) is 0 Å². The lowest BCUT2D eigenvalue weighted by Gasteiger charge is -2.29. The standard InChI is InChI=1S/C7H12O3/c1-4-5(2)10-7(9)3-6(4)8/h4-6,8H,3H2,1-2H3/t4-,5-,6+/m0/s1. The van der Waals surface area contributed by atoms with Crippen LogP contribution in [0.2, 0.25) is 0 Å². The Labute approximate surface area is 60.0 Å². The zero-order chi connectivity index (χ0) is 7.72. The summed E-state index contributed by atoms with van der Waals surface area (Å²) in [5, 5.41) is 9.22. The Morgan fingerprint density at radius 2 is 2.20 bits per heavy atom. The first kappa shape index (κ1) is 7.54. The van der Waals surface area contributed by atoms with Gasteiger partial charge in [-0.25, -0.2) is 0 Å². The molecule has 3 heteroatoms. The zero-order valence-corrected chi connectivity index (χ0v) is 6.20. The third-order valence-corrected chi connectivity index (χ3v) is 2.04. The van der Waals surface area contributed by atoms with Crippen LogP contribution in [-0.4, -0.2) is 23.3 Å². The topological polar surface area (TPSA) is 46.5 Å². The maximum Gasteiger partial charge on any atom is 0.308 e. The van der Waals surface area contributed by atoms with Crippen LogP contribution in [0.4, 0.5) is 0 Å². The summed E-state index contributed by atoms with van der Waals surface area (Å²) in [5.41, 5.74) is 0. The highest BCUT2D eigenvalue weighted by Gasteiger charge is 2.31. The van der Waals surface area contributed by atoms with Gasteiger partial charge in [-0.1, -0.05) is 6.92 Å². The molecule has 3 nitrogen and oxygen atoms in total. The van der Waals surface area contributed by atoms with Gasteiger partial charge in [0.05, 0.1) is 12.5 Å². The first-order valence-corrected chi connectivity index (χ1v) is 3.49. The van der Waals surface area contributed by atoms with E-state index in [0.717, 1.165) is 0 Å². The van der Waals surface area contributed by atoms with Crippen molar-refractivity contribution in [2.45, 2.75) is 32.5 Å². The molecule has 10 heavy (non-hydrogen) atoms. The van der Waals surface area contributed by atoms with Crippen LogP contribution in [0.15, 0.2) is 0 Å². The lowest BCUT2D eigenvalue weighted by molar-refractivity contribution is -0.165. The number of hydrogen-bond donors (Lipinski definition) is 1. The minimum Gasteiger partial charge on any atom is -0.462 e. The van der Waals surface area contributed by atoms with Crippen molar-refractivity contribution in [2.24, 2.45) is 5.92 Å². The van der Waals surface area contributed by atoms with Gasteiger partial charge < -0.3 is 9.84 Å². The van der Waals surface area contributed by atoms with Crippen molar-refractivity contribution >= 4 is 5.97 Å². The fourth-order valence-electron chi connectivity index (χ4n) is 1.03. The Hall–Kier alpha value is -0.570. The predicted molar refractivity (Wildman–Crippen MR) is 35.3 cm³/mol. The van der Waals surface area contributed by atoms with Gasteiger partial charge in [0.2, 0.25) is 0 Å². The largest absolute Gasteiger partial charge is 0.462 e. The number of aliphatic hydroxyl groups excluding tert-OH is 1. The molecule has 1 aliphatic rings. The molecule has 1 rings (SSSR count). The number of carbonyl (C=O) groups is 1. The monoisotopic (exact) mass is 144 g/mol. The second kappa shape index (κ2) is 2.58.